The molecule has 1 unspecified atom stereocenters. The summed E-state index contributed by atoms with van der Waals surface area (Å²) in [5.74, 6) is -1.33. The molecule has 1 N–H and O–H groups in total. The molecule has 144 valence electrons. The summed E-state index contributed by atoms with van der Waals surface area (Å²) in [5, 5.41) is 10.0. The van der Waals surface area contributed by atoms with Crippen molar-refractivity contribution < 1.29 is 24.2 Å². The Balaban J connectivity index is 1.67. The number of phenolic OH excluding ortho intramolecular Hbond substituents is 1. The first-order valence-electron chi connectivity index (χ1n) is 8.84. The number of hydrogen-bond donors (Lipinski definition) is 1. The Morgan fingerprint density at radius 1 is 1.30 bits per heavy atom. The number of hydrogen-bond acceptors (Lipinski definition) is 5. The number of ether oxygens (including phenoxy) is 2. The molecule has 2 aromatic rings. The van der Waals surface area contributed by atoms with Gasteiger partial charge in [0.25, 0.3) is 0 Å². The van der Waals surface area contributed by atoms with Crippen LogP contribution in [-0.4, -0.2) is 40.7 Å². The highest BCUT2D eigenvalue weighted by atomic mass is 35.5. The number of Topliss-reactive ketones (excluding diaryl/α,β-unsaturated/α-hetero) is 1. The van der Waals surface area contributed by atoms with Crippen molar-refractivity contribution in [1.29, 1.82) is 0 Å². The highest BCUT2D eigenvalue weighted by Gasteiger charge is 2.22. The number of aromatic hydroxyl groups is 1. The van der Waals surface area contributed by atoms with Gasteiger partial charge < -0.3 is 19.1 Å². The van der Waals surface area contributed by atoms with Crippen molar-refractivity contribution in [3.8, 4) is 5.75 Å². The molecule has 6 nitrogen and oxygen atoms in total. The SMILES string of the molecule is Cc1cc(C(=O)COC(=O)c2cc(Cl)ccc2O)c(C)n1CC1CCCO1. The fraction of sp³-hybridized carbons (Fsp3) is 0.400. The van der Waals surface area contributed by atoms with E-state index in [1.807, 2.05) is 13.8 Å². The molecule has 1 atom stereocenters. The number of aryl methyl sites for hydroxylation is 1. The van der Waals surface area contributed by atoms with Crippen LogP contribution in [0.15, 0.2) is 24.3 Å². The average Bonchev–Trinajstić information content (AvgIpc) is 3.25. The molecule has 7 heteroatoms. The van der Waals surface area contributed by atoms with Crippen molar-refractivity contribution in [1.82, 2.24) is 4.57 Å². The third-order valence-corrected chi connectivity index (χ3v) is 5.03. The van der Waals surface area contributed by atoms with Gasteiger partial charge in [-0.1, -0.05) is 11.6 Å². The van der Waals surface area contributed by atoms with Gasteiger partial charge in [-0.25, -0.2) is 4.79 Å². The van der Waals surface area contributed by atoms with E-state index in [2.05, 4.69) is 4.57 Å². The van der Waals surface area contributed by atoms with Gasteiger partial charge in [-0.05, 0) is 51.0 Å². The lowest BCUT2D eigenvalue weighted by Crippen LogP contribution is -2.18. The fourth-order valence-electron chi connectivity index (χ4n) is 3.31. The maximum Gasteiger partial charge on any atom is 0.342 e. The van der Waals surface area contributed by atoms with E-state index in [4.69, 9.17) is 21.1 Å². The highest BCUT2D eigenvalue weighted by molar-refractivity contribution is 6.31. The lowest BCUT2D eigenvalue weighted by Gasteiger charge is -2.14. The molecular formula is C20H22ClNO5. The van der Waals surface area contributed by atoms with Crippen LogP contribution in [0.4, 0.5) is 0 Å². The number of carbonyl (C=O) groups is 2. The molecular weight excluding hydrogens is 370 g/mol. The molecule has 27 heavy (non-hydrogen) atoms. The number of phenols is 1. The van der Waals surface area contributed by atoms with E-state index in [1.54, 1.807) is 6.07 Å². The standard InChI is InChI=1S/C20H22ClNO5/c1-12-8-16(13(2)22(12)10-15-4-3-7-26-15)19(24)11-27-20(25)17-9-14(21)5-6-18(17)23/h5-6,8-9,15,23H,3-4,7,10-11H2,1-2H3. The van der Waals surface area contributed by atoms with Gasteiger partial charge in [-0.2, -0.15) is 0 Å². The van der Waals surface area contributed by atoms with Crippen LogP contribution in [-0.2, 0) is 16.0 Å². The van der Waals surface area contributed by atoms with E-state index in [1.165, 1.54) is 18.2 Å². The predicted molar refractivity (Wildman–Crippen MR) is 101 cm³/mol. The second-order valence-corrected chi connectivity index (χ2v) is 7.13. The summed E-state index contributed by atoms with van der Waals surface area (Å²) in [6.07, 6.45) is 2.24. The van der Waals surface area contributed by atoms with Gasteiger partial charge in [0, 0.05) is 35.1 Å². The summed E-state index contributed by atoms with van der Waals surface area (Å²) in [4.78, 5) is 24.7. The van der Waals surface area contributed by atoms with Crippen LogP contribution < -0.4 is 0 Å². The van der Waals surface area contributed by atoms with Crippen molar-refractivity contribution in [3.05, 3.63) is 51.8 Å². The topological polar surface area (TPSA) is 77.8 Å². The number of nitrogens with zero attached hydrogens (tertiary/aromatic N) is 1. The number of esters is 1. The molecule has 0 aliphatic carbocycles. The Morgan fingerprint density at radius 3 is 2.78 bits per heavy atom. The maximum atomic E-state index is 12.5. The third kappa shape index (κ3) is 4.34. The van der Waals surface area contributed by atoms with Gasteiger partial charge in [-0.3, -0.25) is 4.79 Å². The van der Waals surface area contributed by atoms with E-state index < -0.39 is 12.6 Å². The molecule has 0 spiro atoms. The van der Waals surface area contributed by atoms with E-state index in [0.717, 1.165) is 30.8 Å². The fourth-order valence-corrected chi connectivity index (χ4v) is 3.49. The van der Waals surface area contributed by atoms with Crippen LogP contribution in [0.2, 0.25) is 5.02 Å². The second kappa shape index (κ2) is 8.15. The van der Waals surface area contributed by atoms with Crippen LogP contribution in [0.3, 0.4) is 0 Å². The van der Waals surface area contributed by atoms with Crippen LogP contribution in [0.1, 0.15) is 44.9 Å². The molecule has 1 aromatic carbocycles. The number of aromatic nitrogens is 1. The van der Waals surface area contributed by atoms with Crippen molar-refractivity contribution in [2.45, 2.75) is 39.3 Å². The lowest BCUT2D eigenvalue weighted by atomic mass is 10.1. The first kappa shape index (κ1) is 19.5. The number of rotatable bonds is 6. The van der Waals surface area contributed by atoms with Crippen molar-refractivity contribution in [3.63, 3.8) is 0 Å². The molecule has 3 rings (SSSR count). The quantitative estimate of drug-likeness (QED) is 0.600. The minimum Gasteiger partial charge on any atom is -0.507 e. The van der Waals surface area contributed by atoms with E-state index in [-0.39, 0.29) is 23.2 Å². The lowest BCUT2D eigenvalue weighted by molar-refractivity contribution is 0.0471. The summed E-state index contributed by atoms with van der Waals surface area (Å²) >= 11 is 5.83. The van der Waals surface area contributed by atoms with Gasteiger partial charge in [0.15, 0.2) is 6.61 Å². The first-order chi connectivity index (χ1) is 12.9. The summed E-state index contributed by atoms with van der Waals surface area (Å²) in [6.45, 7) is 4.90. The maximum absolute atomic E-state index is 12.5. The molecule has 1 fully saturated rings. The summed E-state index contributed by atoms with van der Waals surface area (Å²) in [6, 6.07) is 5.87. The first-order valence-corrected chi connectivity index (χ1v) is 9.21. The molecule has 0 amide bonds. The summed E-state index contributed by atoms with van der Waals surface area (Å²) < 4.78 is 12.8. The normalized spacial score (nSPS) is 16.5. The molecule has 0 bridgehead atoms. The molecule has 0 saturated carbocycles. The minimum absolute atomic E-state index is 0.0702. The van der Waals surface area contributed by atoms with E-state index in [9.17, 15) is 14.7 Å². The van der Waals surface area contributed by atoms with Gasteiger partial charge >= 0.3 is 5.97 Å². The molecule has 1 aromatic heterocycles. The molecule has 1 aliphatic rings. The Bertz CT molecular complexity index is 867. The second-order valence-electron chi connectivity index (χ2n) is 6.69. The predicted octanol–water partition coefficient (Wildman–Crippen LogP) is 3.68. The summed E-state index contributed by atoms with van der Waals surface area (Å²) in [5.41, 5.74) is 2.24. The smallest absolute Gasteiger partial charge is 0.342 e. The molecule has 1 saturated heterocycles. The van der Waals surface area contributed by atoms with Crippen LogP contribution in [0.25, 0.3) is 0 Å². The third-order valence-electron chi connectivity index (χ3n) is 4.80. The molecule has 1 aliphatic heterocycles. The van der Waals surface area contributed by atoms with Crippen molar-refractivity contribution in [2.75, 3.05) is 13.2 Å². The molecule has 2 heterocycles. The number of halogens is 1. The van der Waals surface area contributed by atoms with E-state index >= 15 is 0 Å². The van der Waals surface area contributed by atoms with Gasteiger partial charge in [0.2, 0.25) is 5.78 Å². The van der Waals surface area contributed by atoms with E-state index in [0.29, 0.717) is 17.1 Å². The van der Waals surface area contributed by atoms with Crippen LogP contribution >= 0.6 is 11.6 Å². The Morgan fingerprint density at radius 2 is 2.07 bits per heavy atom. The monoisotopic (exact) mass is 391 g/mol. The number of carbonyl (C=O) groups excluding carboxylic acids is 2. The highest BCUT2D eigenvalue weighted by Crippen LogP contribution is 2.23. The zero-order valence-corrected chi connectivity index (χ0v) is 16.1. The zero-order valence-electron chi connectivity index (χ0n) is 15.3. The Kier molecular flexibility index (Phi) is 5.87. The Hall–Kier alpha value is -2.31. The van der Waals surface area contributed by atoms with Crippen LogP contribution in [0, 0.1) is 13.8 Å². The average molecular weight is 392 g/mol. The minimum atomic E-state index is -0.795. The van der Waals surface area contributed by atoms with Gasteiger partial charge in [-0.15, -0.1) is 0 Å². The molecule has 0 radical (unpaired) electrons. The number of ketones is 1. The van der Waals surface area contributed by atoms with Crippen molar-refractivity contribution in [2.24, 2.45) is 0 Å². The van der Waals surface area contributed by atoms with Crippen molar-refractivity contribution >= 4 is 23.4 Å². The zero-order chi connectivity index (χ0) is 19.6. The van der Waals surface area contributed by atoms with Gasteiger partial charge in [0.05, 0.1) is 6.10 Å². The number of benzene rings is 1. The van der Waals surface area contributed by atoms with Crippen LogP contribution in [0.5, 0.6) is 5.75 Å². The largest absolute Gasteiger partial charge is 0.507 e. The van der Waals surface area contributed by atoms with Gasteiger partial charge in [0.1, 0.15) is 11.3 Å². The Labute approximate surface area is 162 Å². The summed E-state index contributed by atoms with van der Waals surface area (Å²) in [7, 11) is 0.